The molecular formula is C18H18N2O2S. The first-order valence-electron chi connectivity index (χ1n) is 7.31. The van der Waals surface area contributed by atoms with Crippen molar-refractivity contribution < 1.29 is 8.95 Å². The number of para-hydroxylation sites is 1. The molecule has 23 heavy (non-hydrogen) atoms. The van der Waals surface area contributed by atoms with Gasteiger partial charge in [0.15, 0.2) is 0 Å². The van der Waals surface area contributed by atoms with Crippen LogP contribution < -0.4 is 0 Å². The molecule has 118 valence electrons. The second kappa shape index (κ2) is 7.35. The van der Waals surface area contributed by atoms with Crippen LogP contribution in [0.15, 0.2) is 71.9 Å². The highest BCUT2D eigenvalue weighted by Gasteiger charge is 2.08. The van der Waals surface area contributed by atoms with Crippen LogP contribution in [-0.4, -0.2) is 21.1 Å². The molecule has 2 aromatic carbocycles. The molecule has 4 nitrogen and oxygen atoms in total. The van der Waals surface area contributed by atoms with Gasteiger partial charge in [0.25, 0.3) is 0 Å². The summed E-state index contributed by atoms with van der Waals surface area (Å²) in [5.74, 6) is 0.455. The van der Waals surface area contributed by atoms with Crippen molar-refractivity contribution in [1.82, 2.24) is 9.78 Å². The van der Waals surface area contributed by atoms with Crippen molar-refractivity contribution in [3.05, 3.63) is 78.1 Å². The fourth-order valence-corrected chi connectivity index (χ4v) is 3.35. The zero-order valence-electron chi connectivity index (χ0n) is 12.9. The molecule has 0 bridgehead atoms. The van der Waals surface area contributed by atoms with E-state index in [2.05, 4.69) is 5.10 Å². The van der Waals surface area contributed by atoms with E-state index in [1.165, 1.54) is 0 Å². The predicted octanol–water partition coefficient (Wildman–Crippen LogP) is 3.33. The maximum Gasteiger partial charge on any atom is 0.0713 e. The molecule has 0 saturated heterocycles. The van der Waals surface area contributed by atoms with Gasteiger partial charge in [-0.25, -0.2) is 4.68 Å². The first-order chi connectivity index (χ1) is 11.3. The molecule has 0 amide bonds. The highest BCUT2D eigenvalue weighted by atomic mass is 32.2. The summed E-state index contributed by atoms with van der Waals surface area (Å²) in [5.41, 5.74) is 3.02. The second-order valence-electron chi connectivity index (χ2n) is 5.20. The number of hydrogen-bond donors (Lipinski definition) is 0. The maximum atomic E-state index is 12.5. The van der Waals surface area contributed by atoms with Crippen molar-refractivity contribution in [2.75, 3.05) is 7.11 Å². The van der Waals surface area contributed by atoms with Crippen molar-refractivity contribution >= 4 is 10.8 Å². The first-order valence-corrected chi connectivity index (χ1v) is 8.63. The summed E-state index contributed by atoms with van der Waals surface area (Å²) in [6.45, 7) is 0.566. The van der Waals surface area contributed by atoms with Crippen molar-refractivity contribution in [1.29, 1.82) is 0 Å². The third-order valence-electron chi connectivity index (χ3n) is 3.45. The summed E-state index contributed by atoms with van der Waals surface area (Å²) in [7, 11) is 0.579. The Morgan fingerprint density at radius 1 is 1.04 bits per heavy atom. The Hall–Kier alpha value is -2.24. The quantitative estimate of drug-likeness (QED) is 0.698. The smallest absolute Gasteiger partial charge is 0.0713 e. The molecule has 0 radical (unpaired) electrons. The SMILES string of the molecule is COCc1ccc([S@@](=O)Cc2cnn(-c3ccccc3)c2)cc1. The molecule has 0 N–H and O–H groups in total. The van der Waals surface area contributed by atoms with Crippen LogP contribution in [0.5, 0.6) is 0 Å². The van der Waals surface area contributed by atoms with Gasteiger partial charge >= 0.3 is 0 Å². The predicted molar refractivity (Wildman–Crippen MR) is 90.8 cm³/mol. The summed E-state index contributed by atoms with van der Waals surface area (Å²) >= 11 is 0. The molecule has 1 aromatic heterocycles. The zero-order chi connectivity index (χ0) is 16.1. The van der Waals surface area contributed by atoms with Crippen LogP contribution in [0.25, 0.3) is 5.69 Å². The lowest BCUT2D eigenvalue weighted by molar-refractivity contribution is 0.185. The summed E-state index contributed by atoms with van der Waals surface area (Å²) in [4.78, 5) is 0.817. The summed E-state index contributed by atoms with van der Waals surface area (Å²) in [6, 6.07) is 17.6. The minimum absolute atomic E-state index is 0.455. The van der Waals surface area contributed by atoms with E-state index in [0.717, 1.165) is 21.7 Å². The van der Waals surface area contributed by atoms with Gasteiger partial charge in [-0.15, -0.1) is 0 Å². The van der Waals surface area contributed by atoms with E-state index in [1.54, 1.807) is 18.0 Å². The van der Waals surface area contributed by atoms with Gasteiger partial charge in [0.1, 0.15) is 0 Å². The van der Waals surface area contributed by atoms with Crippen molar-refractivity contribution in [2.45, 2.75) is 17.3 Å². The summed E-state index contributed by atoms with van der Waals surface area (Å²) in [6.07, 6.45) is 3.69. The number of hydrogen-bond acceptors (Lipinski definition) is 3. The largest absolute Gasteiger partial charge is 0.380 e. The van der Waals surface area contributed by atoms with E-state index in [0.29, 0.717) is 12.4 Å². The van der Waals surface area contributed by atoms with E-state index in [9.17, 15) is 4.21 Å². The number of benzene rings is 2. The fourth-order valence-electron chi connectivity index (χ4n) is 2.30. The van der Waals surface area contributed by atoms with Crippen molar-refractivity contribution in [3.8, 4) is 5.69 Å². The molecule has 0 spiro atoms. The van der Waals surface area contributed by atoms with Crippen LogP contribution in [0.3, 0.4) is 0 Å². The Morgan fingerprint density at radius 2 is 1.78 bits per heavy atom. The van der Waals surface area contributed by atoms with E-state index in [4.69, 9.17) is 4.74 Å². The van der Waals surface area contributed by atoms with E-state index < -0.39 is 10.8 Å². The molecule has 5 heteroatoms. The molecule has 0 aliphatic rings. The summed E-state index contributed by atoms with van der Waals surface area (Å²) < 4.78 is 19.4. The molecule has 0 aliphatic carbocycles. The molecule has 0 fully saturated rings. The molecular weight excluding hydrogens is 308 g/mol. The van der Waals surface area contributed by atoms with Crippen LogP contribution in [0.4, 0.5) is 0 Å². The van der Waals surface area contributed by atoms with Gasteiger partial charge in [-0.05, 0) is 29.8 Å². The van der Waals surface area contributed by atoms with Crippen LogP contribution in [0.1, 0.15) is 11.1 Å². The topological polar surface area (TPSA) is 44.1 Å². The number of nitrogens with zero attached hydrogens (tertiary/aromatic N) is 2. The Morgan fingerprint density at radius 3 is 2.48 bits per heavy atom. The lowest BCUT2D eigenvalue weighted by Crippen LogP contribution is -1.97. The fraction of sp³-hybridized carbons (Fsp3) is 0.167. The lowest BCUT2D eigenvalue weighted by Gasteiger charge is -2.03. The molecule has 0 unspecified atom stereocenters. The molecule has 3 aromatic rings. The Balaban J connectivity index is 1.69. The first kappa shape index (κ1) is 15.6. The van der Waals surface area contributed by atoms with Crippen LogP contribution in [0, 0.1) is 0 Å². The van der Waals surface area contributed by atoms with E-state index >= 15 is 0 Å². The number of methoxy groups -OCH3 is 1. The normalized spacial score (nSPS) is 12.2. The van der Waals surface area contributed by atoms with Crippen LogP contribution in [-0.2, 0) is 27.9 Å². The average Bonchev–Trinajstić information content (AvgIpc) is 3.05. The highest BCUT2D eigenvalue weighted by molar-refractivity contribution is 7.84. The minimum atomic E-state index is -1.08. The van der Waals surface area contributed by atoms with Gasteiger partial charge in [0.2, 0.25) is 0 Å². The average molecular weight is 326 g/mol. The number of rotatable bonds is 6. The third kappa shape index (κ3) is 3.94. The second-order valence-corrected chi connectivity index (χ2v) is 6.65. The molecule has 0 saturated carbocycles. The molecule has 1 atom stereocenters. The Kier molecular flexibility index (Phi) is 5.00. The minimum Gasteiger partial charge on any atom is -0.380 e. The molecule has 3 rings (SSSR count). The molecule has 0 aliphatic heterocycles. The maximum absolute atomic E-state index is 12.5. The van der Waals surface area contributed by atoms with Gasteiger partial charge in [0, 0.05) is 23.8 Å². The van der Waals surface area contributed by atoms with Gasteiger partial charge in [-0.2, -0.15) is 5.10 Å². The Labute approximate surface area is 138 Å². The van der Waals surface area contributed by atoms with Crippen molar-refractivity contribution in [3.63, 3.8) is 0 Å². The van der Waals surface area contributed by atoms with E-state index in [-0.39, 0.29) is 0 Å². The monoisotopic (exact) mass is 326 g/mol. The van der Waals surface area contributed by atoms with Crippen molar-refractivity contribution in [2.24, 2.45) is 0 Å². The van der Waals surface area contributed by atoms with Gasteiger partial charge < -0.3 is 4.74 Å². The summed E-state index contributed by atoms with van der Waals surface area (Å²) in [5, 5.41) is 4.34. The number of aromatic nitrogens is 2. The van der Waals surface area contributed by atoms with Gasteiger partial charge in [-0.1, -0.05) is 30.3 Å². The number of ether oxygens (including phenoxy) is 1. The molecule has 1 heterocycles. The lowest BCUT2D eigenvalue weighted by atomic mass is 10.2. The standard InChI is InChI=1S/C18H18N2O2S/c1-22-13-15-7-9-18(10-8-15)23(21)14-16-11-19-20(12-16)17-5-3-2-4-6-17/h2-12H,13-14H2,1H3/t23-/m0/s1. The zero-order valence-corrected chi connectivity index (χ0v) is 13.7. The third-order valence-corrected chi connectivity index (χ3v) is 4.85. The van der Waals surface area contributed by atoms with Gasteiger partial charge in [-0.3, -0.25) is 4.21 Å². The van der Waals surface area contributed by atoms with Crippen LogP contribution >= 0.6 is 0 Å². The van der Waals surface area contributed by atoms with E-state index in [1.807, 2.05) is 60.8 Å². The highest BCUT2D eigenvalue weighted by Crippen LogP contribution is 2.15. The Bertz CT molecular complexity index is 782. The van der Waals surface area contributed by atoms with Crippen LogP contribution in [0.2, 0.25) is 0 Å². The van der Waals surface area contributed by atoms with Gasteiger partial charge in [0.05, 0.1) is 35.0 Å².